The van der Waals surface area contributed by atoms with Gasteiger partial charge in [0.1, 0.15) is 48.5 Å². The molecule has 7 fully saturated rings. The van der Waals surface area contributed by atoms with Gasteiger partial charge in [0.2, 0.25) is 0 Å². The molecule has 4 aliphatic carbocycles. The first-order valence-corrected chi connectivity index (χ1v) is 20.0. The molecule has 0 bridgehead atoms. The van der Waals surface area contributed by atoms with Crippen molar-refractivity contribution in [1.82, 2.24) is 5.32 Å². The second kappa shape index (κ2) is 13.5. The Hall–Kier alpha value is -0.740. The molecule has 0 aromatic rings. The molecule has 0 aromatic carbocycles. The highest BCUT2D eigenvalue weighted by Gasteiger charge is 2.68. The Morgan fingerprint density at radius 2 is 1.63 bits per heavy atom. The third-order valence-electron chi connectivity index (χ3n) is 15.8. The molecule has 0 unspecified atom stereocenters. The summed E-state index contributed by atoms with van der Waals surface area (Å²) in [5.74, 6) is 3.68. The van der Waals surface area contributed by atoms with Crippen molar-refractivity contribution >= 4 is 0 Å². The van der Waals surface area contributed by atoms with E-state index >= 15 is 0 Å². The number of nitrogens with one attached hydrogen (secondary N) is 1. The zero-order valence-electron chi connectivity index (χ0n) is 31.0. The molecule has 4 heterocycles. The van der Waals surface area contributed by atoms with Crippen molar-refractivity contribution in [2.75, 3.05) is 13.2 Å². The third-order valence-corrected chi connectivity index (χ3v) is 15.8. The number of ether oxygens (including phenoxy) is 5. The van der Waals surface area contributed by atoms with Gasteiger partial charge in [-0.1, -0.05) is 39.3 Å². The highest BCUT2D eigenvalue weighted by Crippen LogP contribution is 2.70. The van der Waals surface area contributed by atoms with Crippen molar-refractivity contribution in [3.05, 3.63) is 11.6 Å². The van der Waals surface area contributed by atoms with Crippen LogP contribution in [0.2, 0.25) is 0 Å². The maximum Gasteiger partial charge on any atom is 0.187 e. The summed E-state index contributed by atoms with van der Waals surface area (Å²) in [4.78, 5) is 0. The van der Waals surface area contributed by atoms with Crippen LogP contribution in [0.3, 0.4) is 0 Å². The number of allylic oxidation sites excluding steroid dienone is 1. The van der Waals surface area contributed by atoms with E-state index < -0.39 is 68.0 Å². The minimum Gasteiger partial charge on any atom is -0.394 e. The Morgan fingerprint density at radius 1 is 0.843 bits per heavy atom. The summed E-state index contributed by atoms with van der Waals surface area (Å²) >= 11 is 0. The second-order valence-electron chi connectivity index (χ2n) is 18.4. The molecule has 4 aliphatic heterocycles. The Labute approximate surface area is 302 Å². The van der Waals surface area contributed by atoms with Gasteiger partial charge in [-0.25, -0.2) is 0 Å². The fourth-order valence-corrected chi connectivity index (χ4v) is 12.7. The zero-order chi connectivity index (χ0) is 36.2. The van der Waals surface area contributed by atoms with E-state index in [-0.39, 0.29) is 22.7 Å². The van der Waals surface area contributed by atoms with Crippen LogP contribution in [0.4, 0.5) is 0 Å². The first-order chi connectivity index (χ1) is 24.2. The lowest BCUT2D eigenvalue weighted by Gasteiger charge is -2.59. The topological polar surface area (TPSA) is 180 Å². The van der Waals surface area contributed by atoms with Crippen LogP contribution in [0.25, 0.3) is 0 Å². The van der Waals surface area contributed by atoms with Gasteiger partial charge in [-0.15, -0.1) is 0 Å². The molecule has 0 radical (unpaired) electrons. The van der Waals surface area contributed by atoms with E-state index in [4.69, 9.17) is 23.7 Å². The third kappa shape index (κ3) is 5.84. The molecule has 12 heteroatoms. The van der Waals surface area contributed by atoms with Crippen LogP contribution in [0, 0.1) is 46.3 Å². The first-order valence-electron chi connectivity index (χ1n) is 20.0. The van der Waals surface area contributed by atoms with E-state index in [1.807, 2.05) is 0 Å². The summed E-state index contributed by atoms with van der Waals surface area (Å²) < 4.78 is 31.2. The largest absolute Gasteiger partial charge is 0.394 e. The summed E-state index contributed by atoms with van der Waals surface area (Å²) in [5.41, 5.74) is 1.61. The number of piperidine rings is 1. The van der Waals surface area contributed by atoms with Gasteiger partial charge in [0, 0.05) is 12.5 Å². The van der Waals surface area contributed by atoms with Crippen LogP contribution in [-0.4, -0.2) is 123 Å². The molecule has 4 saturated heterocycles. The van der Waals surface area contributed by atoms with Gasteiger partial charge in [0.15, 0.2) is 12.6 Å². The van der Waals surface area contributed by atoms with Crippen LogP contribution in [0.15, 0.2) is 11.6 Å². The lowest BCUT2D eigenvalue weighted by atomic mass is 9.47. The van der Waals surface area contributed by atoms with Gasteiger partial charge >= 0.3 is 0 Å². The van der Waals surface area contributed by atoms with Crippen LogP contribution < -0.4 is 5.32 Å². The molecule has 1 spiro atoms. The fraction of sp³-hybridized carbons (Fsp3) is 0.949. The van der Waals surface area contributed by atoms with Gasteiger partial charge in [-0.05, 0) is 105 Å². The van der Waals surface area contributed by atoms with Crippen molar-refractivity contribution in [2.24, 2.45) is 46.3 Å². The maximum absolute atomic E-state index is 11.1. The number of rotatable bonds is 5. The first kappa shape index (κ1) is 37.2. The number of hydrogen-bond acceptors (Lipinski definition) is 12. The Bertz CT molecular complexity index is 1310. The predicted molar refractivity (Wildman–Crippen MR) is 184 cm³/mol. The highest BCUT2D eigenvalue weighted by molar-refractivity contribution is 5.26. The smallest absolute Gasteiger partial charge is 0.187 e. The van der Waals surface area contributed by atoms with Crippen molar-refractivity contribution in [2.45, 2.75) is 172 Å². The monoisotopic (exact) mass is 721 g/mol. The molecular weight excluding hydrogens is 658 g/mol. The number of fused-ring (bicyclic) bond motifs is 7. The van der Waals surface area contributed by atoms with Crippen molar-refractivity contribution in [1.29, 1.82) is 0 Å². The molecule has 12 nitrogen and oxygen atoms in total. The molecule has 8 rings (SSSR count). The molecule has 8 aliphatic rings. The van der Waals surface area contributed by atoms with E-state index in [1.165, 1.54) is 24.8 Å². The molecule has 51 heavy (non-hydrogen) atoms. The Balaban J connectivity index is 0.964. The predicted octanol–water partition coefficient (Wildman–Crippen LogP) is 1.96. The SMILES string of the molecule is C[C@@H]1CC[C@@]2(NC1)O[C@H]1C[C@@H]3[C@@H]4CC=C5C[C@@H](O[C@@H]6O[C@H](CO)[C@@H](O)[C@H](O)[C@H]6O[C@@H]6O[C@@H](C)[C@H](O)[C@@H](O)[C@H]6O)CC[C@]5(C)[C@H]4CC[C@]3(C)[C@@H]1[C@@H]2C. The minimum atomic E-state index is -1.60. The van der Waals surface area contributed by atoms with Crippen molar-refractivity contribution < 1.29 is 54.3 Å². The Morgan fingerprint density at radius 3 is 2.35 bits per heavy atom. The maximum atomic E-state index is 11.1. The summed E-state index contributed by atoms with van der Waals surface area (Å²) in [6.07, 6.45) is -1.26. The average molecular weight is 722 g/mol. The van der Waals surface area contributed by atoms with Gasteiger partial charge < -0.3 is 54.3 Å². The summed E-state index contributed by atoms with van der Waals surface area (Å²) in [6.45, 7) is 11.9. The van der Waals surface area contributed by atoms with Crippen LogP contribution in [0.1, 0.15) is 92.4 Å². The quantitative estimate of drug-likeness (QED) is 0.206. The van der Waals surface area contributed by atoms with E-state index in [2.05, 4.69) is 39.1 Å². The summed E-state index contributed by atoms with van der Waals surface area (Å²) in [5, 5.41) is 66.8. The van der Waals surface area contributed by atoms with E-state index in [0.29, 0.717) is 48.0 Å². The van der Waals surface area contributed by atoms with Crippen molar-refractivity contribution in [3.8, 4) is 0 Å². The number of hydrogen-bond donors (Lipinski definition) is 7. The standard InChI is InChI=1S/C39H63NO11/c1-18-8-13-39(40-16-18)19(2)28-26(51-39)15-25-23-7-6-21-14-22(9-11-37(21,4)24(23)10-12-38(25,28)5)48-36-34(32(45)30(43)27(17-41)49-36)50-35-33(46)31(44)29(42)20(3)47-35/h6,18-20,22-36,40-46H,7-17H2,1-5H3/t18-,19+,20+,22+,23-,24+,25-,26+,27-,28-,29+,30-,31-,32+,33-,34-,35+,36-,37+,38+,39-/m1/s1. The van der Waals surface area contributed by atoms with E-state index in [9.17, 15) is 30.6 Å². The molecule has 3 saturated carbocycles. The van der Waals surface area contributed by atoms with E-state index in [1.54, 1.807) is 6.92 Å². The van der Waals surface area contributed by atoms with Gasteiger partial charge in [-0.2, -0.15) is 0 Å². The molecule has 7 N–H and O–H groups in total. The summed E-state index contributed by atoms with van der Waals surface area (Å²) in [6, 6.07) is 0. The molecule has 290 valence electrons. The van der Waals surface area contributed by atoms with Gasteiger partial charge in [0.05, 0.1) is 24.9 Å². The lowest BCUT2D eigenvalue weighted by Crippen LogP contribution is -2.64. The van der Waals surface area contributed by atoms with Crippen LogP contribution in [0.5, 0.6) is 0 Å². The Kier molecular flexibility index (Phi) is 9.83. The van der Waals surface area contributed by atoms with E-state index in [0.717, 1.165) is 38.6 Å². The van der Waals surface area contributed by atoms with Crippen LogP contribution in [-0.2, 0) is 23.7 Å². The molecule has 0 amide bonds. The second-order valence-corrected chi connectivity index (χ2v) is 18.4. The molecule has 21 atom stereocenters. The van der Waals surface area contributed by atoms with Gasteiger partial charge in [-0.3, -0.25) is 5.32 Å². The normalized spacial score (nSPS) is 58.4. The average Bonchev–Trinajstić information content (AvgIpc) is 3.56. The van der Waals surface area contributed by atoms with Gasteiger partial charge in [0.25, 0.3) is 0 Å². The minimum absolute atomic E-state index is 0.0659. The van der Waals surface area contributed by atoms with Crippen molar-refractivity contribution in [3.63, 3.8) is 0 Å². The highest BCUT2D eigenvalue weighted by atomic mass is 16.8. The lowest BCUT2D eigenvalue weighted by molar-refractivity contribution is -0.369. The summed E-state index contributed by atoms with van der Waals surface area (Å²) in [7, 11) is 0. The zero-order valence-corrected chi connectivity index (χ0v) is 31.0. The number of aliphatic hydroxyl groups excluding tert-OH is 6. The number of aliphatic hydroxyl groups is 6. The fourth-order valence-electron chi connectivity index (χ4n) is 12.7. The molecule has 0 aromatic heterocycles. The molecular formula is C39H63NO11. The van der Waals surface area contributed by atoms with Crippen LogP contribution >= 0.6 is 0 Å².